The van der Waals surface area contributed by atoms with Gasteiger partial charge in [-0.15, -0.1) is 0 Å². The van der Waals surface area contributed by atoms with Gasteiger partial charge in [0, 0.05) is 35.5 Å². The molecule has 0 spiro atoms. The highest BCUT2D eigenvalue weighted by atomic mass is 32.2. The van der Waals surface area contributed by atoms with Crippen molar-refractivity contribution in [2.75, 3.05) is 35.5 Å². The second kappa shape index (κ2) is 5.63. The molecule has 1 unspecified atom stereocenters. The predicted octanol–water partition coefficient (Wildman–Crippen LogP) is 2.17. The second-order valence-electron chi connectivity index (χ2n) is 4.28. The lowest BCUT2D eigenvalue weighted by Gasteiger charge is -2.37. The summed E-state index contributed by atoms with van der Waals surface area (Å²) in [5, 5.41) is -0.920. The number of hydrogen-bond acceptors (Lipinski definition) is 6. The quantitative estimate of drug-likeness (QED) is 0.568. The summed E-state index contributed by atoms with van der Waals surface area (Å²) in [7, 11) is 7.78. The van der Waals surface area contributed by atoms with Gasteiger partial charge in [-0.2, -0.15) is 0 Å². The van der Waals surface area contributed by atoms with E-state index in [-0.39, 0.29) is 0 Å². The van der Waals surface area contributed by atoms with Gasteiger partial charge in [-0.1, -0.05) is 42.1 Å². The summed E-state index contributed by atoms with van der Waals surface area (Å²) in [6.07, 6.45) is 0. The van der Waals surface area contributed by atoms with Gasteiger partial charge in [0.15, 0.2) is 4.75 Å². The Kier molecular flexibility index (Phi) is 4.44. The van der Waals surface area contributed by atoms with E-state index in [2.05, 4.69) is 0 Å². The van der Waals surface area contributed by atoms with Crippen molar-refractivity contribution in [1.82, 2.24) is 0 Å². The van der Waals surface area contributed by atoms with Crippen LogP contribution in [0.5, 0.6) is 0 Å². The Morgan fingerprint density at radius 2 is 1.35 bits per heavy atom. The van der Waals surface area contributed by atoms with E-state index < -0.39 is 15.8 Å². The number of hydrogen-bond donors (Lipinski definition) is 0. The first kappa shape index (κ1) is 15.8. The lowest BCUT2D eigenvalue weighted by Crippen LogP contribution is -2.53. The van der Waals surface area contributed by atoms with Crippen LogP contribution in [-0.2, 0) is 28.4 Å². The smallest absolute Gasteiger partial charge is 0.308 e. The molecule has 1 fully saturated rings. The zero-order valence-corrected chi connectivity index (χ0v) is 13.2. The third kappa shape index (κ3) is 1.83. The Balaban J connectivity index is 2.59. The van der Waals surface area contributed by atoms with E-state index in [1.807, 2.05) is 30.3 Å². The SMILES string of the molecule is COC(OC)(OC)C1(c2ccccc2)SC1(OC)OC. The molecule has 0 saturated carbocycles. The Labute approximate surface area is 123 Å². The Hall–Kier alpha value is -0.630. The monoisotopic (exact) mass is 300 g/mol. The van der Waals surface area contributed by atoms with Crippen molar-refractivity contribution in [2.24, 2.45) is 0 Å². The van der Waals surface area contributed by atoms with E-state index in [0.29, 0.717) is 0 Å². The van der Waals surface area contributed by atoms with Crippen molar-refractivity contribution in [3.63, 3.8) is 0 Å². The van der Waals surface area contributed by atoms with Crippen molar-refractivity contribution in [3.8, 4) is 0 Å². The van der Waals surface area contributed by atoms with Crippen molar-refractivity contribution in [2.45, 2.75) is 15.8 Å². The van der Waals surface area contributed by atoms with Crippen LogP contribution in [0.15, 0.2) is 30.3 Å². The summed E-state index contributed by atoms with van der Waals surface area (Å²) in [5.41, 5.74) is 0.944. The van der Waals surface area contributed by atoms with Crippen LogP contribution in [0, 0.1) is 0 Å². The fourth-order valence-electron chi connectivity index (χ4n) is 2.65. The topological polar surface area (TPSA) is 46.2 Å². The molecular weight excluding hydrogens is 280 g/mol. The fourth-order valence-corrected chi connectivity index (χ4v) is 4.20. The number of methoxy groups -OCH3 is 5. The molecule has 2 rings (SSSR count). The average Bonchev–Trinajstić information content (AvgIpc) is 3.22. The van der Waals surface area contributed by atoms with E-state index in [1.165, 1.54) is 33.1 Å². The van der Waals surface area contributed by atoms with Crippen molar-refractivity contribution in [1.29, 1.82) is 0 Å². The molecule has 6 heteroatoms. The molecule has 1 aliphatic rings. The Bertz CT molecular complexity index is 436. The number of benzene rings is 1. The van der Waals surface area contributed by atoms with Gasteiger partial charge in [0.25, 0.3) is 0 Å². The minimum atomic E-state index is -1.31. The highest BCUT2D eigenvalue weighted by Crippen LogP contribution is 2.76. The molecule has 1 aliphatic heterocycles. The van der Waals surface area contributed by atoms with Crippen LogP contribution in [-0.4, -0.2) is 46.6 Å². The standard InChI is InChI=1S/C14H20O5S/c1-15-13(16-2,17-3)12(11-9-7-6-8-10-11)14(18-4,19-5)20-12/h6-10H,1-5H3. The van der Waals surface area contributed by atoms with E-state index in [1.54, 1.807) is 14.2 Å². The summed E-state index contributed by atoms with van der Waals surface area (Å²) < 4.78 is 27.0. The van der Waals surface area contributed by atoms with Gasteiger partial charge in [0.1, 0.15) is 0 Å². The largest absolute Gasteiger partial charge is 0.343 e. The molecule has 1 aromatic rings. The van der Waals surface area contributed by atoms with Crippen molar-refractivity contribution < 1.29 is 23.7 Å². The van der Waals surface area contributed by atoms with Gasteiger partial charge in [-0.05, 0) is 5.56 Å². The number of thioether (sulfide) groups is 1. The van der Waals surface area contributed by atoms with Gasteiger partial charge in [-0.25, -0.2) is 0 Å². The van der Waals surface area contributed by atoms with E-state index >= 15 is 0 Å². The van der Waals surface area contributed by atoms with Crippen LogP contribution in [0.2, 0.25) is 0 Å². The van der Waals surface area contributed by atoms with E-state index in [0.717, 1.165) is 5.56 Å². The normalized spacial score (nSPS) is 24.6. The number of rotatable bonds is 7. The maximum atomic E-state index is 5.58. The first-order valence-corrected chi connectivity index (χ1v) is 6.95. The lowest BCUT2D eigenvalue weighted by molar-refractivity contribution is -0.385. The summed E-state index contributed by atoms with van der Waals surface area (Å²) in [5.74, 6) is -1.31. The summed E-state index contributed by atoms with van der Waals surface area (Å²) >= 11 is 1.45. The van der Waals surface area contributed by atoms with Crippen LogP contribution in [0.3, 0.4) is 0 Å². The van der Waals surface area contributed by atoms with Gasteiger partial charge < -0.3 is 23.7 Å². The Morgan fingerprint density at radius 3 is 1.70 bits per heavy atom. The maximum absolute atomic E-state index is 5.58. The minimum absolute atomic E-state index is 0.775. The van der Waals surface area contributed by atoms with Crippen LogP contribution >= 0.6 is 11.8 Å². The zero-order valence-electron chi connectivity index (χ0n) is 12.3. The first-order chi connectivity index (χ1) is 9.62. The molecule has 0 N–H and O–H groups in total. The lowest BCUT2D eigenvalue weighted by atomic mass is 9.95. The second-order valence-corrected chi connectivity index (χ2v) is 5.64. The van der Waals surface area contributed by atoms with Crippen LogP contribution in [0.4, 0.5) is 0 Å². The molecule has 0 aromatic heterocycles. The van der Waals surface area contributed by atoms with Crippen molar-refractivity contribution >= 4 is 11.8 Å². The highest BCUT2D eigenvalue weighted by Gasteiger charge is 2.84. The van der Waals surface area contributed by atoms with E-state index in [9.17, 15) is 0 Å². The fraction of sp³-hybridized carbons (Fsp3) is 0.571. The highest BCUT2D eigenvalue weighted by molar-refractivity contribution is 8.08. The van der Waals surface area contributed by atoms with E-state index in [4.69, 9.17) is 23.7 Å². The predicted molar refractivity (Wildman–Crippen MR) is 76.2 cm³/mol. The van der Waals surface area contributed by atoms with Crippen LogP contribution in [0.1, 0.15) is 5.56 Å². The average molecular weight is 300 g/mol. The molecule has 0 amide bonds. The molecule has 0 bridgehead atoms. The number of ether oxygens (including phenoxy) is 5. The molecule has 1 saturated heterocycles. The molecule has 1 heterocycles. The third-order valence-corrected chi connectivity index (χ3v) is 5.40. The third-order valence-electron chi connectivity index (χ3n) is 3.63. The van der Waals surface area contributed by atoms with Gasteiger partial charge in [0.2, 0.25) is 5.12 Å². The van der Waals surface area contributed by atoms with Gasteiger partial charge >= 0.3 is 5.97 Å². The molecule has 0 radical (unpaired) electrons. The van der Waals surface area contributed by atoms with Gasteiger partial charge in [0.05, 0.1) is 0 Å². The van der Waals surface area contributed by atoms with Gasteiger partial charge in [-0.3, -0.25) is 0 Å². The molecule has 1 atom stereocenters. The molecule has 20 heavy (non-hydrogen) atoms. The minimum Gasteiger partial charge on any atom is -0.343 e. The molecule has 5 nitrogen and oxygen atoms in total. The first-order valence-electron chi connectivity index (χ1n) is 6.13. The van der Waals surface area contributed by atoms with Crippen molar-refractivity contribution in [3.05, 3.63) is 35.9 Å². The molecule has 1 aromatic carbocycles. The molecular formula is C14H20O5S. The summed E-state index contributed by atoms with van der Waals surface area (Å²) in [4.78, 5) is 0. The van der Waals surface area contributed by atoms with Crippen LogP contribution in [0.25, 0.3) is 0 Å². The summed E-state index contributed by atoms with van der Waals surface area (Å²) in [6, 6.07) is 9.77. The molecule has 112 valence electrons. The maximum Gasteiger partial charge on any atom is 0.308 e. The summed E-state index contributed by atoms with van der Waals surface area (Å²) in [6.45, 7) is 0. The van der Waals surface area contributed by atoms with Crippen LogP contribution < -0.4 is 0 Å². The zero-order chi connectivity index (χ0) is 14.9. The Morgan fingerprint density at radius 1 is 0.850 bits per heavy atom. The molecule has 0 aliphatic carbocycles.